The van der Waals surface area contributed by atoms with Crippen molar-refractivity contribution in [2.24, 2.45) is 14.1 Å². The fourth-order valence-electron chi connectivity index (χ4n) is 10.3. The normalized spacial score (nSPS) is 14.1. The summed E-state index contributed by atoms with van der Waals surface area (Å²) in [4.78, 5) is 28.4. The maximum atomic E-state index is 13.5. The molecule has 0 aliphatic carbocycles. The zero-order valence-electron chi connectivity index (χ0n) is 40.1. The third kappa shape index (κ3) is 9.09. The minimum absolute atomic E-state index is 0.100. The molecule has 1 aliphatic heterocycles. The number of benzene rings is 4. The Morgan fingerprint density at radius 1 is 0.851 bits per heavy atom. The van der Waals surface area contributed by atoms with E-state index in [1.54, 1.807) is 7.11 Å². The molecule has 14 heteroatoms. The van der Waals surface area contributed by atoms with Crippen molar-refractivity contribution in [2.75, 3.05) is 21.3 Å². The third-order valence-electron chi connectivity index (χ3n) is 13.4. The highest BCUT2D eigenvalue weighted by atomic mass is 35.5. The number of fused-ring (bicyclic) bond motifs is 2. The van der Waals surface area contributed by atoms with Gasteiger partial charge in [-0.3, -0.25) is 19.1 Å². The van der Waals surface area contributed by atoms with Gasteiger partial charge in [-0.05, 0) is 77.0 Å². The molecule has 1 aliphatic rings. The lowest BCUT2D eigenvalue weighted by Crippen LogP contribution is -2.66. The quantitative estimate of drug-likeness (QED) is 0.0691. The molecular formula is C53H61ClN6O6Si. The number of carbonyl (C=O) groups excluding carboxylic acids is 2. The average Bonchev–Trinajstić information content (AvgIpc) is 3.96. The van der Waals surface area contributed by atoms with E-state index < -0.39 is 14.3 Å². The molecular weight excluding hydrogens is 880 g/mol. The highest BCUT2D eigenvalue weighted by Crippen LogP contribution is 2.47. The molecule has 67 heavy (non-hydrogen) atoms. The molecule has 4 heterocycles. The predicted molar refractivity (Wildman–Crippen MR) is 265 cm³/mol. The van der Waals surface area contributed by atoms with Crippen molar-refractivity contribution < 1.29 is 28.2 Å². The highest BCUT2D eigenvalue weighted by molar-refractivity contribution is 6.99. The zero-order valence-corrected chi connectivity index (χ0v) is 41.8. The number of nitrogens with zero attached hydrogens (tertiary/aromatic N) is 6. The van der Waals surface area contributed by atoms with E-state index in [4.69, 9.17) is 40.4 Å². The highest BCUT2D eigenvalue weighted by Gasteiger charge is 2.50. The summed E-state index contributed by atoms with van der Waals surface area (Å²) < 4.78 is 29.2. The first-order valence-electron chi connectivity index (χ1n) is 22.9. The summed E-state index contributed by atoms with van der Waals surface area (Å²) in [6.07, 6.45) is 2.17. The zero-order chi connectivity index (χ0) is 47.6. The Bertz CT molecular complexity index is 2850. The molecule has 0 saturated heterocycles. The van der Waals surface area contributed by atoms with Crippen LogP contribution in [0.5, 0.6) is 5.75 Å². The van der Waals surface area contributed by atoms with Crippen LogP contribution in [0.3, 0.4) is 0 Å². The van der Waals surface area contributed by atoms with Crippen LogP contribution in [0.2, 0.25) is 10.1 Å². The number of halogens is 1. The summed E-state index contributed by atoms with van der Waals surface area (Å²) in [5.41, 5.74) is 8.48. The van der Waals surface area contributed by atoms with Gasteiger partial charge in [-0.1, -0.05) is 111 Å². The molecule has 4 aromatic carbocycles. The second kappa shape index (κ2) is 19.7. The van der Waals surface area contributed by atoms with E-state index in [9.17, 15) is 9.59 Å². The van der Waals surface area contributed by atoms with E-state index >= 15 is 0 Å². The first-order chi connectivity index (χ1) is 32.2. The standard InChI is InChI=1S/C53H61ClN6O6Si/c1-35-47(48-44(54)28-26-42-43(27-29-46(61)64-8)50(52(62)65-9)57(5)49(42)48)51-45(21-16-30-60(51)55-35)59(32-36-22-24-39(63-7)25-23-36)33-37-31-38(58(6)56-37)34-66-67(53(2,3)4,40-17-12-10-13-18-40)41-19-14-11-15-20-41/h10-15,17-20,22-26,28,31,45H,16,21,27,29-30,32-34H2,1-9H3/t45-/m1/s1. The largest absolute Gasteiger partial charge is 0.497 e. The van der Waals surface area contributed by atoms with Gasteiger partial charge in [0.1, 0.15) is 11.4 Å². The summed E-state index contributed by atoms with van der Waals surface area (Å²) in [5, 5.41) is 14.0. The number of ether oxygens (including phenoxy) is 3. The van der Waals surface area contributed by atoms with Crippen LogP contribution in [0.1, 0.15) is 90.5 Å². The molecule has 0 radical (unpaired) electrons. The molecule has 0 saturated carbocycles. The van der Waals surface area contributed by atoms with Gasteiger partial charge in [0.05, 0.1) is 67.3 Å². The van der Waals surface area contributed by atoms with Crippen molar-refractivity contribution in [1.82, 2.24) is 29.0 Å². The molecule has 0 unspecified atom stereocenters. The Morgan fingerprint density at radius 3 is 2.13 bits per heavy atom. The van der Waals surface area contributed by atoms with Gasteiger partial charge in [0.25, 0.3) is 8.32 Å². The minimum atomic E-state index is -2.82. The lowest BCUT2D eigenvalue weighted by Gasteiger charge is -2.43. The second-order valence-electron chi connectivity index (χ2n) is 18.5. The van der Waals surface area contributed by atoms with Crippen molar-refractivity contribution in [3.8, 4) is 16.9 Å². The first-order valence-corrected chi connectivity index (χ1v) is 25.2. The van der Waals surface area contributed by atoms with Crippen LogP contribution >= 0.6 is 11.6 Å². The third-order valence-corrected chi connectivity index (χ3v) is 18.7. The molecule has 0 bridgehead atoms. The number of methoxy groups -OCH3 is 3. The van der Waals surface area contributed by atoms with Crippen molar-refractivity contribution in [3.05, 3.63) is 148 Å². The Morgan fingerprint density at radius 2 is 1.52 bits per heavy atom. The molecule has 0 fully saturated rings. The number of aryl methyl sites for hydroxylation is 5. The van der Waals surface area contributed by atoms with E-state index in [2.05, 4.69) is 109 Å². The molecule has 8 rings (SSSR count). The number of carbonyl (C=O) groups is 2. The van der Waals surface area contributed by atoms with Crippen LogP contribution in [0, 0.1) is 6.92 Å². The van der Waals surface area contributed by atoms with Crippen molar-refractivity contribution in [3.63, 3.8) is 0 Å². The molecule has 350 valence electrons. The number of esters is 2. The molecule has 0 amide bonds. The van der Waals surface area contributed by atoms with Gasteiger partial charge in [0.2, 0.25) is 0 Å². The van der Waals surface area contributed by atoms with Gasteiger partial charge in [-0.25, -0.2) is 4.79 Å². The van der Waals surface area contributed by atoms with Gasteiger partial charge in [0.15, 0.2) is 0 Å². The number of rotatable bonds is 16. The summed E-state index contributed by atoms with van der Waals surface area (Å²) in [7, 11) is 5.45. The summed E-state index contributed by atoms with van der Waals surface area (Å²) in [6, 6.07) is 35.6. The van der Waals surface area contributed by atoms with Crippen molar-refractivity contribution >= 4 is 53.1 Å². The molecule has 0 spiro atoms. The topological polar surface area (TPSA) is 115 Å². The first kappa shape index (κ1) is 47.5. The van der Waals surface area contributed by atoms with Crippen LogP contribution < -0.4 is 15.1 Å². The maximum absolute atomic E-state index is 13.5. The Hall–Kier alpha value is -5.99. The molecule has 0 N–H and O–H groups in total. The van der Waals surface area contributed by atoms with Gasteiger partial charge < -0.3 is 23.2 Å². The molecule has 1 atom stereocenters. The fraction of sp³-hybridized carbons (Fsp3) is 0.358. The Kier molecular flexibility index (Phi) is 14.0. The van der Waals surface area contributed by atoms with Crippen LogP contribution in [0.25, 0.3) is 22.0 Å². The van der Waals surface area contributed by atoms with E-state index in [0.29, 0.717) is 36.0 Å². The molecule has 3 aromatic heterocycles. The van der Waals surface area contributed by atoms with Crippen molar-refractivity contribution in [1.29, 1.82) is 0 Å². The summed E-state index contributed by atoms with van der Waals surface area (Å²) >= 11 is 7.32. The van der Waals surface area contributed by atoms with E-state index in [0.717, 1.165) is 75.5 Å². The SMILES string of the molecule is COC(=O)CCc1c(C(=O)OC)n(C)c2c(-c3c(C)nn4c3[C@H](N(Cc3ccc(OC)cc3)Cc3cc(CO[Si](c5ccccc5)(c5ccccc5)C(C)(C)C)n(C)n3)CCC4)c(Cl)ccc12. The van der Waals surface area contributed by atoms with Crippen LogP contribution in [-0.4, -0.2) is 70.6 Å². The monoisotopic (exact) mass is 940 g/mol. The maximum Gasteiger partial charge on any atom is 0.354 e. The molecule has 12 nitrogen and oxygen atoms in total. The minimum Gasteiger partial charge on any atom is -0.497 e. The van der Waals surface area contributed by atoms with Gasteiger partial charge in [-0.15, -0.1) is 0 Å². The van der Waals surface area contributed by atoms with E-state index in [-0.39, 0.29) is 29.9 Å². The van der Waals surface area contributed by atoms with E-state index in [1.807, 2.05) is 54.5 Å². The van der Waals surface area contributed by atoms with Crippen molar-refractivity contribution in [2.45, 2.75) is 90.7 Å². The Balaban J connectivity index is 1.21. The number of hydrogen-bond acceptors (Lipinski definition) is 9. The van der Waals surface area contributed by atoms with E-state index in [1.165, 1.54) is 24.6 Å². The lowest BCUT2D eigenvalue weighted by molar-refractivity contribution is -0.140. The number of hydrogen-bond donors (Lipinski definition) is 0. The van der Waals surface area contributed by atoms with Gasteiger partial charge in [-0.2, -0.15) is 10.2 Å². The van der Waals surface area contributed by atoms with Crippen LogP contribution in [-0.2, 0) is 65.5 Å². The van der Waals surface area contributed by atoms with Crippen LogP contribution in [0.15, 0.2) is 103 Å². The summed E-state index contributed by atoms with van der Waals surface area (Å²) in [5.74, 6) is -0.0680. The lowest BCUT2D eigenvalue weighted by atomic mass is 9.92. The summed E-state index contributed by atoms with van der Waals surface area (Å²) in [6.45, 7) is 11.2. The number of aromatic nitrogens is 5. The Labute approximate surface area is 399 Å². The fourth-order valence-corrected chi connectivity index (χ4v) is 15.1. The smallest absolute Gasteiger partial charge is 0.354 e. The van der Waals surface area contributed by atoms with Crippen LogP contribution in [0.4, 0.5) is 0 Å². The van der Waals surface area contributed by atoms with Gasteiger partial charge in [0, 0.05) is 56.7 Å². The second-order valence-corrected chi connectivity index (χ2v) is 23.2. The predicted octanol–water partition coefficient (Wildman–Crippen LogP) is 9.25. The molecule has 7 aromatic rings. The van der Waals surface area contributed by atoms with Gasteiger partial charge >= 0.3 is 11.9 Å². The average molecular weight is 942 g/mol.